The molecule has 0 aliphatic heterocycles. The van der Waals surface area contributed by atoms with Crippen LogP contribution in [-0.2, 0) is 0 Å². The SMILES string of the molecule is c1ccc(-c2ccc(N(c3ccc(-c4cccc5c4sc4cnccc45)cc3)c3ccc4c(c3)oc3ccccc34)cc2)cc1. The molecule has 0 N–H and O–H groups in total. The molecule has 0 radical (unpaired) electrons. The van der Waals surface area contributed by atoms with Gasteiger partial charge >= 0.3 is 0 Å². The first-order chi connectivity index (χ1) is 22.3. The van der Waals surface area contributed by atoms with E-state index in [4.69, 9.17) is 4.42 Å². The zero-order chi connectivity index (χ0) is 29.7. The van der Waals surface area contributed by atoms with Gasteiger partial charge in [0.25, 0.3) is 0 Å². The van der Waals surface area contributed by atoms with E-state index in [0.29, 0.717) is 0 Å². The van der Waals surface area contributed by atoms with Gasteiger partial charge in [0.2, 0.25) is 0 Å². The Bertz CT molecular complexity index is 2480. The molecule has 45 heavy (non-hydrogen) atoms. The summed E-state index contributed by atoms with van der Waals surface area (Å²) in [4.78, 5) is 6.65. The molecule has 9 rings (SSSR count). The average molecular weight is 595 g/mol. The van der Waals surface area contributed by atoms with Crippen molar-refractivity contribution < 1.29 is 4.42 Å². The fourth-order valence-corrected chi connectivity index (χ4v) is 7.61. The largest absolute Gasteiger partial charge is 0.456 e. The third-order valence-corrected chi connectivity index (χ3v) is 9.78. The Morgan fingerprint density at radius 2 is 1.16 bits per heavy atom. The van der Waals surface area contributed by atoms with Gasteiger partial charge in [0.1, 0.15) is 11.2 Å². The highest BCUT2D eigenvalue weighted by Crippen LogP contribution is 2.42. The molecule has 0 amide bonds. The maximum atomic E-state index is 6.30. The number of thiophene rings is 1. The van der Waals surface area contributed by atoms with E-state index >= 15 is 0 Å². The average Bonchev–Trinajstić information content (AvgIpc) is 3.68. The third-order valence-electron chi connectivity index (χ3n) is 8.59. The molecule has 3 aromatic heterocycles. The number of aromatic nitrogens is 1. The summed E-state index contributed by atoms with van der Waals surface area (Å²) in [6, 6.07) is 51.6. The number of benzene rings is 6. The predicted molar refractivity (Wildman–Crippen MR) is 190 cm³/mol. The van der Waals surface area contributed by atoms with Crippen molar-refractivity contribution in [3.05, 3.63) is 158 Å². The number of furan rings is 1. The van der Waals surface area contributed by atoms with Crippen molar-refractivity contribution in [3.63, 3.8) is 0 Å². The zero-order valence-electron chi connectivity index (χ0n) is 24.2. The molecule has 4 heteroatoms. The van der Waals surface area contributed by atoms with Crippen LogP contribution in [0.15, 0.2) is 162 Å². The van der Waals surface area contributed by atoms with Crippen LogP contribution in [-0.4, -0.2) is 4.98 Å². The molecular formula is C41H26N2OS. The number of hydrogen-bond acceptors (Lipinski definition) is 4. The van der Waals surface area contributed by atoms with E-state index in [1.54, 1.807) is 11.3 Å². The molecule has 0 saturated carbocycles. The summed E-state index contributed by atoms with van der Waals surface area (Å²) < 4.78 is 8.80. The normalized spacial score (nSPS) is 11.6. The van der Waals surface area contributed by atoms with Crippen LogP contribution in [0.2, 0.25) is 0 Å². The molecule has 0 fully saturated rings. The molecule has 3 heterocycles. The van der Waals surface area contributed by atoms with Crippen molar-refractivity contribution in [2.24, 2.45) is 0 Å². The van der Waals surface area contributed by atoms with E-state index in [1.807, 2.05) is 24.5 Å². The molecule has 0 aliphatic rings. The molecule has 212 valence electrons. The Labute approximate surface area is 264 Å². The fourth-order valence-electron chi connectivity index (χ4n) is 6.40. The van der Waals surface area contributed by atoms with E-state index in [2.05, 4.69) is 143 Å². The number of hydrogen-bond donors (Lipinski definition) is 0. The summed E-state index contributed by atoms with van der Waals surface area (Å²) in [7, 11) is 0. The monoisotopic (exact) mass is 594 g/mol. The second-order valence-electron chi connectivity index (χ2n) is 11.2. The van der Waals surface area contributed by atoms with E-state index in [9.17, 15) is 0 Å². The highest BCUT2D eigenvalue weighted by molar-refractivity contribution is 7.26. The number of anilines is 3. The number of fused-ring (bicyclic) bond motifs is 6. The van der Waals surface area contributed by atoms with Crippen LogP contribution in [0.4, 0.5) is 17.1 Å². The maximum Gasteiger partial charge on any atom is 0.137 e. The van der Waals surface area contributed by atoms with Crippen LogP contribution < -0.4 is 4.90 Å². The lowest BCUT2D eigenvalue weighted by Crippen LogP contribution is -2.09. The second kappa shape index (κ2) is 10.5. The van der Waals surface area contributed by atoms with Gasteiger partial charge in [0, 0.05) is 61.8 Å². The molecule has 6 aromatic carbocycles. The third kappa shape index (κ3) is 4.38. The van der Waals surface area contributed by atoms with Crippen molar-refractivity contribution in [1.29, 1.82) is 0 Å². The Hall–Kier alpha value is -5.71. The van der Waals surface area contributed by atoms with Gasteiger partial charge in [-0.3, -0.25) is 4.98 Å². The van der Waals surface area contributed by atoms with Crippen LogP contribution in [0.3, 0.4) is 0 Å². The molecule has 0 saturated heterocycles. The highest BCUT2D eigenvalue weighted by Gasteiger charge is 2.17. The molecule has 0 aliphatic carbocycles. The van der Waals surface area contributed by atoms with Gasteiger partial charge in [-0.05, 0) is 70.8 Å². The highest BCUT2D eigenvalue weighted by atomic mass is 32.1. The Kier molecular flexibility index (Phi) is 6.00. The molecule has 0 spiro atoms. The van der Waals surface area contributed by atoms with Crippen LogP contribution in [0.1, 0.15) is 0 Å². The molecule has 9 aromatic rings. The van der Waals surface area contributed by atoms with Gasteiger partial charge < -0.3 is 9.32 Å². The van der Waals surface area contributed by atoms with Crippen molar-refractivity contribution >= 4 is 70.5 Å². The van der Waals surface area contributed by atoms with E-state index in [1.165, 1.54) is 42.4 Å². The van der Waals surface area contributed by atoms with Crippen molar-refractivity contribution in [2.75, 3.05) is 4.90 Å². The smallest absolute Gasteiger partial charge is 0.137 e. The van der Waals surface area contributed by atoms with Crippen molar-refractivity contribution in [3.8, 4) is 22.3 Å². The molecule has 0 unspecified atom stereocenters. The Morgan fingerprint density at radius 3 is 1.98 bits per heavy atom. The topological polar surface area (TPSA) is 29.3 Å². The van der Waals surface area contributed by atoms with E-state index in [0.717, 1.165) is 39.0 Å². The van der Waals surface area contributed by atoms with Crippen molar-refractivity contribution in [1.82, 2.24) is 4.98 Å². The van der Waals surface area contributed by atoms with E-state index in [-0.39, 0.29) is 0 Å². The zero-order valence-corrected chi connectivity index (χ0v) is 25.0. The molecule has 0 bridgehead atoms. The Morgan fingerprint density at radius 1 is 0.489 bits per heavy atom. The van der Waals surface area contributed by atoms with Gasteiger partial charge in [0.05, 0.1) is 4.70 Å². The fraction of sp³-hybridized carbons (Fsp3) is 0. The first-order valence-corrected chi connectivity index (χ1v) is 15.8. The number of rotatable bonds is 5. The van der Waals surface area contributed by atoms with Gasteiger partial charge in [-0.2, -0.15) is 0 Å². The van der Waals surface area contributed by atoms with Gasteiger partial charge in [-0.15, -0.1) is 11.3 Å². The lowest BCUT2D eigenvalue weighted by atomic mass is 10.0. The molecule has 3 nitrogen and oxygen atoms in total. The second-order valence-corrected chi connectivity index (χ2v) is 12.3. The lowest BCUT2D eigenvalue weighted by Gasteiger charge is -2.26. The minimum atomic E-state index is 0.877. The van der Waals surface area contributed by atoms with Crippen LogP contribution in [0.5, 0.6) is 0 Å². The summed E-state index contributed by atoms with van der Waals surface area (Å²) in [6.07, 6.45) is 3.84. The quantitative estimate of drug-likeness (QED) is 0.198. The standard InChI is InChI=1S/C41H26N2OS/c1-2-7-27(8-3-1)28-13-17-30(18-14-28)43(32-21-22-35-34-9-4-5-12-38(34)44-39(35)25-32)31-19-15-29(16-20-31)33-10-6-11-37-36-23-24-42-26-40(36)45-41(33)37/h1-26H. The molecule has 0 atom stereocenters. The number of para-hydroxylation sites is 1. The predicted octanol–water partition coefficient (Wildman–Crippen LogP) is 12.2. The van der Waals surface area contributed by atoms with Crippen LogP contribution in [0.25, 0.3) is 64.4 Å². The first kappa shape index (κ1) is 25.8. The minimum Gasteiger partial charge on any atom is -0.456 e. The summed E-state index contributed by atoms with van der Waals surface area (Å²) in [5.41, 5.74) is 9.80. The lowest BCUT2D eigenvalue weighted by molar-refractivity contribution is 0.669. The Balaban J connectivity index is 1.16. The van der Waals surface area contributed by atoms with Gasteiger partial charge in [-0.25, -0.2) is 0 Å². The summed E-state index contributed by atoms with van der Waals surface area (Å²) >= 11 is 1.81. The minimum absolute atomic E-state index is 0.877. The van der Waals surface area contributed by atoms with Crippen LogP contribution >= 0.6 is 11.3 Å². The maximum absolute atomic E-state index is 6.30. The van der Waals surface area contributed by atoms with Crippen molar-refractivity contribution in [2.45, 2.75) is 0 Å². The number of nitrogens with zero attached hydrogens (tertiary/aromatic N) is 2. The summed E-state index contributed by atoms with van der Waals surface area (Å²) in [5.74, 6) is 0. The summed E-state index contributed by atoms with van der Waals surface area (Å²) in [6.45, 7) is 0. The summed E-state index contributed by atoms with van der Waals surface area (Å²) in [5, 5.41) is 4.79. The number of pyridine rings is 1. The van der Waals surface area contributed by atoms with Gasteiger partial charge in [-0.1, -0.05) is 91.0 Å². The van der Waals surface area contributed by atoms with Gasteiger partial charge in [0.15, 0.2) is 0 Å². The van der Waals surface area contributed by atoms with Crippen LogP contribution in [0, 0.1) is 0 Å². The first-order valence-electron chi connectivity index (χ1n) is 15.0. The molecular weight excluding hydrogens is 569 g/mol. The van der Waals surface area contributed by atoms with E-state index < -0.39 is 0 Å².